The number of imide groups is 1. The number of carbonyl (C=O) groups is 2. The molecule has 2 aromatic carbocycles. The average Bonchev–Trinajstić information content (AvgIpc) is 3.04. The fourth-order valence-corrected chi connectivity index (χ4v) is 3.83. The smallest absolute Gasteiger partial charge is 0.282 e. The summed E-state index contributed by atoms with van der Waals surface area (Å²) in [5, 5.41) is 0. The third-order valence-corrected chi connectivity index (χ3v) is 5.17. The molecule has 0 saturated carbocycles. The summed E-state index contributed by atoms with van der Waals surface area (Å²) < 4.78 is 16.6. The number of hydrogen-bond acceptors (Lipinski definition) is 6. The largest absolute Gasteiger partial charge is 0.496 e. The molecule has 1 fully saturated rings. The van der Waals surface area contributed by atoms with E-state index in [1.54, 1.807) is 37.4 Å². The van der Waals surface area contributed by atoms with Gasteiger partial charge in [0.1, 0.15) is 17.2 Å². The van der Waals surface area contributed by atoms with E-state index in [1.807, 2.05) is 30.0 Å². The highest BCUT2D eigenvalue weighted by Crippen LogP contribution is 2.40. The summed E-state index contributed by atoms with van der Waals surface area (Å²) in [4.78, 5) is 30.4. The quantitative estimate of drug-likeness (QED) is 0.685. The molecule has 0 aromatic heterocycles. The normalized spacial score (nSPS) is 17.0. The first kappa shape index (κ1) is 20.0. The lowest BCUT2D eigenvalue weighted by molar-refractivity contribution is -0.121. The van der Waals surface area contributed by atoms with Gasteiger partial charge in [-0.15, -0.1) is 0 Å². The van der Waals surface area contributed by atoms with Gasteiger partial charge in [0.2, 0.25) is 0 Å². The van der Waals surface area contributed by atoms with Crippen molar-refractivity contribution in [2.24, 2.45) is 0 Å². The lowest BCUT2D eigenvalue weighted by Crippen LogP contribution is -2.40. The van der Waals surface area contributed by atoms with E-state index < -0.39 is 5.91 Å². The molecule has 1 saturated heterocycles. The van der Waals surface area contributed by atoms with Gasteiger partial charge in [0.25, 0.3) is 11.8 Å². The Morgan fingerprint density at radius 1 is 0.933 bits per heavy atom. The van der Waals surface area contributed by atoms with Gasteiger partial charge in [-0.05, 0) is 25.1 Å². The van der Waals surface area contributed by atoms with Crippen LogP contribution in [0.4, 0.5) is 5.69 Å². The summed E-state index contributed by atoms with van der Waals surface area (Å²) >= 11 is 0. The molecule has 0 radical (unpaired) electrons. The average molecular weight is 408 g/mol. The highest BCUT2D eigenvalue weighted by molar-refractivity contribution is 6.46. The van der Waals surface area contributed by atoms with Crippen LogP contribution in [-0.4, -0.2) is 56.7 Å². The fraction of sp³-hybridized carbons (Fsp3) is 0.304. The van der Waals surface area contributed by atoms with Crippen LogP contribution in [0.15, 0.2) is 54.2 Å². The molecule has 0 unspecified atom stereocenters. The van der Waals surface area contributed by atoms with Crippen molar-refractivity contribution in [3.8, 4) is 11.5 Å². The standard InChI is InChI=1S/C23H24N2O5/c1-3-30-19-11-7-5-9-17(19)25-22(26)20(16-8-4-6-10-18(16)28-2)21(23(25)27)24-12-14-29-15-13-24/h4-11H,3,12-15H2,1-2H3. The summed E-state index contributed by atoms with van der Waals surface area (Å²) in [6, 6.07) is 14.3. The van der Waals surface area contributed by atoms with E-state index in [-0.39, 0.29) is 5.91 Å². The van der Waals surface area contributed by atoms with Crippen LogP contribution in [0.3, 0.4) is 0 Å². The van der Waals surface area contributed by atoms with Crippen LogP contribution in [0.1, 0.15) is 12.5 Å². The van der Waals surface area contributed by atoms with E-state index >= 15 is 0 Å². The monoisotopic (exact) mass is 408 g/mol. The van der Waals surface area contributed by atoms with Gasteiger partial charge in [0, 0.05) is 18.7 Å². The number of morpholine rings is 1. The summed E-state index contributed by atoms with van der Waals surface area (Å²) in [6.07, 6.45) is 0. The van der Waals surface area contributed by atoms with E-state index in [2.05, 4.69) is 0 Å². The van der Waals surface area contributed by atoms with Gasteiger partial charge >= 0.3 is 0 Å². The molecule has 2 aliphatic rings. The molecule has 2 aromatic rings. The Labute approximate surface area is 175 Å². The zero-order chi connectivity index (χ0) is 21.1. The molecule has 0 N–H and O–H groups in total. The minimum Gasteiger partial charge on any atom is -0.496 e. The second-order valence-corrected chi connectivity index (χ2v) is 6.87. The topological polar surface area (TPSA) is 68.3 Å². The molecule has 0 bridgehead atoms. The number of anilines is 1. The Hall–Kier alpha value is -3.32. The Kier molecular flexibility index (Phi) is 5.72. The minimum absolute atomic E-state index is 0.339. The van der Waals surface area contributed by atoms with Crippen molar-refractivity contribution in [1.82, 2.24) is 4.90 Å². The lowest BCUT2D eigenvalue weighted by Gasteiger charge is -2.29. The van der Waals surface area contributed by atoms with Crippen LogP contribution in [0, 0.1) is 0 Å². The lowest BCUT2D eigenvalue weighted by atomic mass is 10.0. The predicted octanol–water partition coefficient (Wildman–Crippen LogP) is 2.71. The molecule has 0 atom stereocenters. The van der Waals surface area contributed by atoms with Crippen LogP contribution in [0.2, 0.25) is 0 Å². The molecule has 0 spiro atoms. The van der Waals surface area contributed by atoms with E-state index in [4.69, 9.17) is 14.2 Å². The molecule has 0 aliphatic carbocycles. The molecule has 4 rings (SSSR count). The third-order valence-electron chi connectivity index (χ3n) is 5.17. The number of ether oxygens (including phenoxy) is 3. The van der Waals surface area contributed by atoms with Crippen LogP contribution in [-0.2, 0) is 14.3 Å². The highest BCUT2D eigenvalue weighted by atomic mass is 16.5. The van der Waals surface area contributed by atoms with E-state index in [9.17, 15) is 9.59 Å². The van der Waals surface area contributed by atoms with Gasteiger partial charge < -0.3 is 19.1 Å². The Balaban J connectivity index is 1.87. The van der Waals surface area contributed by atoms with Crippen molar-refractivity contribution in [1.29, 1.82) is 0 Å². The van der Waals surface area contributed by atoms with Crippen LogP contribution >= 0.6 is 0 Å². The van der Waals surface area contributed by atoms with Crippen LogP contribution in [0.25, 0.3) is 5.57 Å². The SMILES string of the molecule is CCOc1ccccc1N1C(=O)C(c2ccccc2OC)=C(N2CCOCC2)C1=O. The molecule has 2 amide bonds. The van der Waals surface area contributed by atoms with Gasteiger partial charge in [-0.2, -0.15) is 0 Å². The molecule has 2 heterocycles. The number of para-hydroxylation sites is 3. The number of nitrogens with zero attached hydrogens (tertiary/aromatic N) is 2. The van der Waals surface area contributed by atoms with Gasteiger partial charge in [0.15, 0.2) is 0 Å². The van der Waals surface area contributed by atoms with E-state index in [1.165, 1.54) is 4.90 Å². The Morgan fingerprint density at radius 2 is 1.60 bits per heavy atom. The van der Waals surface area contributed by atoms with E-state index in [0.29, 0.717) is 66.9 Å². The summed E-state index contributed by atoms with van der Waals surface area (Å²) in [7, 11) is 1.55. The number of benzene rings is 2. The van der Waals surface area contributed by atoms with Crippen molar-refractivity contribution in [2.75, 3.05) is 44.9 Å². The van der Waals surface area contributed by atoms with Crippen LogP contribution in [0.5, 0.6) is 11.5 Å². The number of amides is 2. The van der Waals surface area contributed by atoms with Crippen molar-refractivity contribution in [3.63, 3.8) is 0 Å². The molecule has 7 nitrogen and oxygen atoms in total. The number of carbonyl (C=O) groups excluding carboxylic acids is 2. The van der Waals surface area contributed by atoms with Gasteiger partial charge in [0.05, 0.1) is 38.2 Å². The van der Waals surface area contributed by atoms with Crippen LogP contribution < -0.4 is 14.4 Å². The summed E-state index contributed by atoms with van der Waals surface area (Å²) in [5.41, 5.74) is 1.74. The van der Waals surface area contributed by atoms with Crippen molar-refractivity contribution in [3.05, 3.63) is 59.8 Å². The zero-order valence-electron chi connectivity index (χ0n) is 17.1. The molecule has 7 heteroatoms. The second kappa shape index (κ2) is 8.59. The minimum atomic E-state index is -0.391. The highest BCUT2D eigenvalue weighted by Gasteiger charge is 2.44. The molecule has 2 aliphatic heterocycles. The second-order valence-electron chi connectivity index (χ2n) is 6.87. The maximum absolute atomic E-state index is 13.7. The first-order valence-corrected chi connectivity index (χ1v) is 9.98. The summed E-state index contributed by atoms with van der Waals surface area (Å²) in [6.45, 7) is 4.36. The van der Waals surface area contributed by atoms with Gasteiger partial charge in [-0.3, -0.25) is 9.59 Å². The zero-order valence-corrected chi connectivity index (χ0v) is 17.1. The van der Waals surface area contributed by atoms with Crippen molar-refractivity contribution in [2.45, 2.75) is 6.92 Å². The van der Waals surface area contributed by atoms with Crippen molar-refractivity contribution < 1.29 is 23.8 Å². The van der Waals surface area contributed by atoms with E-state index in [0.717, 1.165) is 0 Å². The third kappa shape index (κ3) is 3.41. The van der Waals surface area contributed by atoms with Gasteiger partial charge in [-0.25, -0.2) is 4.90 Å². The number of hydrogen-bond donors (Lipinski definition) is 0. The Bertz CT molecular complexity index is 995. The fourth-order valence-electron chi connectivity index (χ4n) is 3.83. The maximum atomic E-state index is 13.7. The Morgan fingerprint density at radius 3 is 2.30 bits per heavy atom. The summed E-state index contributed by atoms with van der Waals surface area (Å²) in [5.74, 6) is 0.275. The first-order chi connectivity index (χ1) is 14.7. The first-order valence-electron chi connectivity index (χ1n) is 9.98. The molecule has 156 valence electrons. The molecular formula is C23H24N2O5. The van der Waals surface area contributed by atoms with Crippen molar-refractivity contribution >= 4 is 23.1 Å². The number of methoxy groups -OCH3 is 1. The number of rotatable bonds is 6. The molecular weight excluding hydrogens is 384 g/mol. The predicted molar refractivity (Wildman–Crippen MR) is 112 cm³/mol. The maximum Gasteiger partial charge on any atom is 0.282 e. The molecule has 30 heavy (non-hydrogen) atoms. The van der Waals surface area contributed by atoms with Gasteiger partial charge in [-0.1, -0.05) is 30.3 Å².